The lowest BCUT2D eigenvalue weighted by molar-refractivity contribution is 0.168. The summed E-state index contributed by atoms with van der Waals surface area (Å²) in [5.41, 5.74) is 1.19. The molecule has 1 aliphatic rings. The van der Waals surface area contributed by atoms with Gasteiger partial charge in [-0.2, -0.15) is 0 Å². The highest BCUT2D eigenvalue weighted by molar-refractivity contribution is 7.11. The van der Waals surface area contributed by atoms with Crippen LogP contribution < -0.4 is 5.32 Å². The highest BCUT2D eigenvalue weighted by atomic mass is 32.1. The maximum atomic E-state index is 4.53. The van der Waals surface area contributed by atoms with Crippen molar-refractivity contribution >= 4 is 11.3 Å². The summed E-state index contributed by atoms with van der Waals surface area (Å²) < 4.78 is 0. The molecule has 0 aromatic carbocycles. The van der Waals surface area contributed by atoms with E-state index in [9.17, 15) is 0 Å². The van der Waals surface area contributed by atoms with Crippen LogP contribution in [0, 0.1) is 19.8 Å². The molecule has 3 atom stereocenters. The van der Waals surface area contributed by atoms with Gasteiger partial charge in [0.05, 0.1) is 10.7 Å². The molecule has 1 aromatic heterocycles. The fourth-order valence-electron chi connectivity index (χ4n) is 2.95. The summed E-state index contributed by atoms with van der Waals surface area (Å²) in [5, 5.41) is 4.98. The van der Waals surface area contributed by atoms with Gasteiger partial charge in [-0.3, -0.25) is 0 Å². The molecular formula is C14H25N3S. The van der Waals surface area contributed by atoms with E-state index < -0.39 is 0 Å². The molecule has 1 fully saturated rings. The van der Waals surface area contributed by atoms with E-state index >= 15 is 0 Å². The van der Waals surface area contributed by atoms with E-state index in [4.69, 9.17) is 0 Å². The number of rotatable bonds is 3. The molecule has 0 spiro atoms. The molecule has 2 heterocycles. The van der Waals surface area contributed by atoms with E-state index in [1.54, 1.807) is 0 Å². The summed E-state index contributed by atoms with van der Waals surface area (Å²) in [6.45, 7) is 11.2. The van der Waals surface area contributed by atoms with E-state index in [1.165, 1.54) is 35.1 Å². The number of nitrogens with zero attached hydrogens (tertiary/aromatic N) is 2. The van der Waals surface area contributed by atoms with E-state index in [0.717, 1.165) is 5.92 Å². The predicted octanol–water partition coefficient (Wildman–Crippen LogP) is 2.75. The second-order valence-corrected chi connectivity index (χ2v) is 6.94. The van der Waals surface area contributed by atoms with Crippen LogP contribution in [-0.4, -0.2) is 36.1 Å². The predicted molar refractivity (Wildman–Crippen MR) is 78.2 cm³/mol. The Morgan fingerprint density at radius 3 is 2.72 bits per heavy atom. The molecule has 0 amide bonds. The normalized spacial score (nSPS) is 27.4. The molecule has 3 nitrogen and oxygen atoms in total. The lowest BCUT2D eigenvalue weighted by Gasteiger charge is -2.36. The van der Waals surface area contributed by atoms with Crippen molar-refractivity contribution in [2.24, 2.45) is 5.92 Å². The fraction of sp³-hybridized carbons (Fsp3) is 0.786. The summed E-state index contributed by atoms with van der Waals surface area (Å²) in [4.78, 5) is 8.35. The van der Waals surface area contributed by atoms with Crippen molar-refractivity contribution in [1.82, 2.24) is 15.2 Å². The van der Waals surface area contributed by atoms with Crippen LogP contribution in [0.2, 0.25) is 0 Å². The Hall–Kier alpha value is -0.450. The molecular weight excluding hydrogens is 242 g/mol. The first kappa shape index (κ1) is 14.0. The van der Waals surface area contributed by atoms with Gasteiger partial charge in [-0.1, -0.05) is 6.92 Å². The third-order valence-corrected chi connectivity index (χ3v) is 5.16. The van der Waals surface area contributed by atoms with Crippen LogP contribution in [0.25, 0.3) is 0 Å². The maximum Gasteiger partial charge on any atom is 0.0900 e. The van der Waals surface area contributed by atoms with Gasteiger partial charge in [0.25, 0.3) is 0 Å². The second kappa shape index (κ2) is 5.68. The van der Waals surface area contributed by atoms with Crippen LogP contribution in [0.15, 0.2) is 0 Å². The van der Waals surface area contributed by atoms with Crippen LogP contribution in [0.1, 0.15) is 41.9 Å². The van der Waals surface area contributed by atoms with Gasteiger partial charge >= 0.3 is 0 Å². The summed E-state index contributed by atoms with van der Waals surface area (Å²) in [6.07, 6.45) is 1.25. The van der Waals surface area contributed by atoms with Crippen LogP contribution in [-0.2, 0) is 0 Å². The minimum atomic E-state index is 0.423. The third kappa shape index (κ3) is 3.11. The molecule has 3 unspecified atom stereocenters. The minimum Gasteiger partial charge on any atom is -0.306 e. The topological polar surface area (TPSA) is 28.2 Å². The van der Waals surface area contributed by atoms with Crippen molar-refractivity contribution in [3.63, 3.8) is 0 Å². The number of piperidine rings is 1. The molecule has 0 saturated carbocycles. The van der Waals surface area contributed by atoms with Gasteiger partial charge in [-0.05, 0) is 46.7 Å². The standard InChI is InChI=1S/C14H25N3S/c1-9-8-17(5)7-6-13(9)16-11(3)14-10(2)15-12(4)18-14/h9,11,13,16H,6-8H2,1-5H3. The van der Waals surface area contributed by atoms with Gasteiger partial charge in [-0.25, -0.2) is 4.98 Å². The molecule has 0 aliphatic carbocycles. The van der Waals surface area contributed by atoms with Crippen molar-refractivity contribution in [2.75, 3.05) is 20.1 Å². The smallest absolute Gasteiger partial charge is 0.0900 e. The molecule has 1 aliphatic heterocycles. The van der Waals surface area contributed by atoms with Gasteiger partial charge in [-0.15, -0.1) is 11.3 Å². The van der Waals surface area contributed by atoms with Crippen LogP contribution in [0.5, 0.6) is 0 Å². The van der Waals surface area contributed by atoms with E-state index in [2.05, 4.69) is 49.9 Å². The van der Waals surface area contributed by atoms with Gasteiger partial charge in [0.2, 0.25) is 0 Å². The molecule has 0 radical (unpaired) electrons. The van der Waals surface area contributed by atoms with Crippen molar-refractivity contribution in [1.29, 1.82) is 0 Å². The van der Waals surface area contributed by atoms with Crippen molar-refractivity contribution in [2.45, 2.75) is 46.2 Å². The average molecular weight is 267 g/mol. The second-order valence-electron chi connectivity index (χ2n) is 5.71. The first-order valence-electron chi connectivity index (χ1n) is 6.86. The number of thiazole rings is 1. The molecule has 4 heteroatoms. The van der Waals surface area contributed by atoms with Gasteiger partial charge in [0.1, 0.15) is 0 Å². The van der Waals surface area contributed by atoms with Gasteiger partial charge in [0.15, 0.2) is 0 Å². The minimum absolute atomic E-state index is 0.423. The van der Waals surface area contributed by atoms with E-state index in [1.807, 2.05) is 11.3 Å². The Bertz CT molecular complexity index is 402. The quantitative estimate of drug-likeness (QED) is 0.913. The average Bonchev–Trinajstić information content (AvgIpc) is 2.62. The lowest BCUT2D eigenvalue weighted by atomic mass is 9.93. The van der Waals surface area contributed by atoms with E-state index in [-0.39, 0.29) is 0 Å². The van der Waals surface area contributed by atoms with Crippen LogP contribution in [0.3, 0.4) is 0 Å². The number of aryl methyl sites for hydroxylation is 2. The van der Waals surface area contributed by atoms with Crippen LogP contribution in [0.4, 0.5) is 0 Å². The summed E-state index contributed by atoms with van der Waals surface area (Å²) in [6, 6.07) is 1.06. The monoisotopic (exact) mass is 267 g/mol. The van der Waals surface area contributed by atoms with E-state index in [0.29, 0.717) is 12.1 Å². The summed E-state index contributed by atoms with van der Waals surface area (Å²) >= 11 is 1.83. The SMILES string of the molecule is Cc1nc(C)c(C(C)NC2CCN(C)CC2C)s1. The Kier molecular flexibility index (Phi) is 4.41. The van der Waals surface area contributed by atoms with Crippen molar-refractivity contribution in [3.05, 3.63) is 15.6 Å². The Labute approximate surface area is 115 Å². The molecule has 1 saturated heterocycles. The number of hydrogen-bond acceptors (Lipinski definition) is 4. The first-order valence-corrected chi connectivity index (χ1v) is 7.67. The lowest BCUT2D eigenvalue weighted by Crippen LogP contribution is -2.47. The maximum absolute atomic E-state index is 4.53. The largest absolute Gasteiger partial charge is 0.306 e. The highest BCUT2D eigenvalue weighted by Gasteiger charge is 2.26. The zero-order valence-corrected chi connectivity index (χ0v) is 13.0. The Morgan fingerprint density at radius 2 is 2.17 bits per heavy atom. The van der Waals surface area contributed by atoms with Crippen molar-refractivity contribution in [3.8, 4) is 0 Å². The van der Waals surface area contributed by atoms with Crippen LogP contribution >= 0.6 is 11.3 Å². The van der Waals surface area contributed by atoms with Gasteiger partial charge in [0, 0.05) is 23.5 Å². The number of nitrogens with one attached hydrogen (secondary N) is 1. The molecule has 18 heavy (non-hydrogen) atoms. The number of aromatic nitrogens is 1. The Morgan fingerprint density at radius 1 is 1.44 bits per heavy atom. The molecule has 2 rings (SSSR count). The number of likely N-dealkylation sites (tertiary alicyclic amines) is 1. The summed E-state index contributed by atoms with van der Waals surface area (Å²) in [5.74, 6) is 0.723. The third-order valence-electron chi connectivity index (χ3n) is 3.91. The van der Waals surface area contributed by atoms with Crippen molar-refractivity contribution < 1.29 is 0 Å². The zero-order chi connectivity index (χ0) is 13.3. The number of hydrogen-bond donors (Lipinski definition) is 1. The molecule has 1 N–H and O–H groups in total. The molecule has 102 valence electrons. The molecule has 1 aromatic rings. The zero-order valence-electron chi connectivity index (χ0n) is 12.2. The molecule has 0 bridgehead atoms. The highest BCUT2D eigenvalue weighted by Crippen LogP contribution is 2.26. The Balaban J connectivity index is 1.99. The van der Waals surface area contributed by atoms with Gasteiger partial charge < -0.3 is 10.2 Å². The first-order chi connectivity index (χ1) is 8.47. The summed E-state index contributed by atoms with van der Waals surface area (Å²) in [7, 11) is 2.22. The fourth-order valence-corrected chi connectivity index (χ4v) is 3.89.